The van der Waals surface area contributed by atoms with Crippen LogP contribution in [0, 0.1) is 0 Å². The number of benzene rings is 1. The van der Waals surface area contributed by atoms with E-state index in [-0.39, 0.29) is 6.04 Å². The summed E-state index contributed by atoms with van der Waals surface area (Å²) in [4.78, 5) is 28.4. The van der Waals surface area contributed by atoms with E-state index in [2.05, 4.69) is 26.5 Å². The Kier molecular flexibility index (Phi) is 6.92. The van der Waals surface area contributed by atoms with E-state index in [1.807, 2.05) is 18.2 Å². The number of nitrogens with one attached hydrogen (secondary N) is 2. The predicted octanol–water partition coefficient (Wildman–Crippen LogP) is 0.992. The number of nitrogens with zero attached hydrogens (tertiary/aromatic N) is 2. The molecule has 0 atom stereocenters. The Morgan fingerprint density at radius 3 is 2.48 bits per heavy atom. The van der Waals surface area contributed by atoms with Crippen molar-refractivity contribution in [3.05, 3.63) is 24.3 Å². The van der Waals surface area contributed by atoms with E-state index in [4.69, 9.17) is 4.74 Å². The number of amides is 2. The number of carbonyl (C=O) groups is 2. The maximum absolute atomic E-state index is 11.9. The number of carbonyl (C=O) groups excluding carboxylic acids is 2. The van der Waals surface area contributed by atoms with Crippen LogP contribution in [-0.4, -0.2) is 69.1 Å². The Morgan fingerprint density at radius 1 is 1.07 bits per heavy atom. The molecule has 3 rings (SSSR count). The maximum atomic E-state index is 11.9. The maximum Gasteiger partial charge on any atom is 0.309 e. The van der Waals surface area contributed by atoms with Crippen molar-refractivity contribution < 1.29 is 14.3 Å². The third-order valence-corrected chi connectivity index (χ3v) is 5.41. The van der Waals surface area contributed by atoms with Crippen LogP contribution in [0.1, 0.15) is 25.7 Å². The van der Waals surface area contributed by atoms with Crippen molar-refractivity contribution in [1.29, 1.82) is 0 Å². The Balaban J connectivity index is 1.36. The fourth-order valence-corrected chi connectivity index (χ4v) is 3.83. The van der Waals surface area contributed by atoms with Gasteiger partial charge in [0.05, 0.1) is 12.8 Å². The van der Waals surface area contributed by atoms with Crippen LogP contribution in [0.5, 0.6) is 5.75 Å². The van der Waals surface area contributed by atoms with Gasteiger partial charge in [-0.05, 0) is 25.0 Å². The summed E-state index contributed by atoms with van der Waals surface area (Å²) >= 11 is 0. The van der Waals surface area contributed by atoms with Gasteiger partial charge in [-0.2, -0.15) is 0 Å². The molecule has 2 aliphatic rings. The van der Waals surface area contributed by atoms with Crippen molar-refractivity contribution in [3.8, 4) is 5.75 Å². The van der Waals surface area contributed by atoms with Crippen LogP contribution < -0.4 is 20.3 Å². The van der Waals surface area contributed by atoms with E-state index in [1.165, 1.54) is 0 Å². The summed E-state index contributed by atoms with van der Waals surface area (Å²) in [7, 11) is 1.70. The van der Waals surface area contributed by atoms with E-state index < -0.39 is 11.8 Å². The normalized spacial score (nSPS) is 18.3. The summed E-state index contributed by atoms with van der Waals surface area (Å²) in [5.74, 6) is -0.121. The van der Waals surface area contributed by atoms with E-state index in [1.54, 1.807) is 7.11 Å². The number of hydrogen-bond acceptors (Lipinski definition) is 5. The van der Waals surface area contributed by atoms with Gasteiger partial charge in [-0.25, -0.2) is 0 Å². The summed E-state index contributed by atoms with van der Waals surface area (Å²) < 4.78 is 5.45. The van der Waals surface area contributed by atoms with Gasteiger partial charge in [-0.3, -0.25) is 14.5 Å². The highest BCUT2D eigenvalue weighted by molar-refractivity contribution is 6.35. The van der Waals surface area contributed by atoms with Crippen LogP contribution in [0.4, 0.5) is 5.69 Å². The lowest BCUT2D eigenvalue weighted by Crippen LogP contribution is -2.50. The van der Waals surface area contributed by atoms with Gasteiger partial charge < -0.3 is 20.3 Å². The van der Waals surface area contributed by atoms with Crippen LogP contribution in [-0.2, 0) is 9.59 Å². The lowest BCUT2D eigenvalue weighted by molar-refractivity contribution is -0.139. The Hall–Kier alpha value is -2.28. The Morgan fingerprint density at radius 2 is 1.78 bits per heavy atom. The first-order chi connectivity index (χ1) is 13.2. The molecule has 1 aliphatic heterocycles. The first-order valence-corrected chi connectivity index (χ1v) is 9.86. The highest BCUT2D eigenvalue weighted by Crippen LogP contribution is 2.28. The highest BCUT2D eigenvalue weighted by atomic mass is 16.5. The van der Waals surface area contributed by atoms with Gasteiger partial charge >= 0.3 is 11.8 Å². The summed E-state index contributed by atoms with van der Waals surface area (Å²) in [6.07, 6.45) is 4.23. The number of hydrogen-bond donors (Lipinski definition) is 2. The van der Waals surface area contributed by atoms with E-state index in [0.29, 0.717) is 6.54 Å². The average Bonchev–Trinajstić information content (AvgIpc) is 3.21. The summed E-state index contributed by atoms with van der Waals surface area (Å²) in [5, 5.41) is 5.56. The smallest absolute Gasteiger partial charge is 0.309 e. The fraction of sp³-hybridized carbons (Fsp3) is 0.600. The van der Waals surface area contributed by atoms with Crippen molar-refractivity contribution in [1.82, 2.24) is 15.5 Å². The molecule has 2 N–H and O–H groups in total. The van der Waals surface area contributed by atoms with Crippen LogP contribution in [0.25, 0.3) is 0 Å². The molecule has 1 saturated carbocycles. The van der Waals surface area contributed by atoms with Gasteiger partial charge in [0.1, 0.15) is 5.75 Å². The standard InChI is InChI=1S/C20H30N4O3/c1-27-18-9-5-4-8-17(18)24-14-12-23(13-15-24)11-10-21-19(25)20(26)22-16-6-2-3-7-16/h4-5,8-9,16H,2-3,6-7,10-15H2,1H3,(H,21,25)(H,22,26). The lowest BCUT2D eigenvalue weighted by atomic mass is 10.2. The number of methoxy groups -OCH3 is 1. The first-order valence-electron chi connectivity index (χ1n) is 9.86. The monoisotopic (exact) mass is 374 g/mol. The Bertz CT molecular complexity index is 638. The fourth-order valence-electron chi connectivity index (χ4n) is 3.83. The van der Waals surface area contributed by atoms with Gasteiger partial charge in [0, 0.05) is 45.3 Å². The van der Waals surface area contributed by atoms with E-state index in [9.17, 15) is 9.59 Å². The molecular weight excluding hydrogens is 344 g/mol. The minimum Gasteiger partial charge on any atom is -0.495 e. The molecule has 1 aromatic carbocycles. The van der Waals surface area contributed by atoms with E-state index in [0.717, 1.165) is 69.8 Å². The number of para-hydroxylation sites is 2. The van der Waals surface area contributed by atoms with Crippen LogP contribution >= 0.6 is 0 Å². The topological polar surface area (TPSA) is 73.9 Å². The second-order valence-electron chi connectivity index (χ2n) is 7.21. The zero-order chi connectivity index (χ0) is 19.1. The van der Waals surface area contributed by atoms with Gasteiger partial charge in [-0.15, -0.1) is 0 Å². The summed E-state index contributed by atoms with van der Waals surface area (Å²) in [6, 6.07) is 8.23. The zero-order valence-corrected chi connectivity index (χ0v) is 16.1. The van der Waals surface area contributed by atoms with E-state index >= 15 is 0 Å². The van der Waals surface area contributed by atoms with Crippen molar-refractivity contribution in [2.75, 3.05) is 51.3 Å². The van der Waals surface area contributed by atoms with Crippen LogP contribution in [0.3, 0.4) is 0 Å². The van der Waals surface area contributed by atoms with Crippen molar-refractivity contribution >= 4 is 17.5 Å². The number of anilines is 1. The van der Waals surface area contributed by atoms with Gasteiger partial charge in [0.2, 0.25) is 0 Å². The predicted molar refractivity (Wildman–Crippen MR) is 105 cm³/mol. The second-order valence-corrected chi connectivity index (χ2v) is 7.21. The molecule has 2 amide bonds. The molecule has 7 heteroatoms. The zero-order valence-electron chi connectivity index (χ0n) is 16.1. The minimum absolute atomic E-state index is 0.173. The second kappa shape index (κ2) is 9.60. The molecule has 1 saturated heterocycles. The number of ether oxygens (including phenoxy) is 1. The molecule has 1 heterocycles. The molecule has 148 valence electrons. The van der Waals surface area contributed by atoms with Gasteiger partial charge in [0.15, 0.2) is 0 Å². The largest absolute Gasteiger partial charge is 0.495 e. The van der Waals surface area contributed by atoms with Crippen molar-refractivity contribution in [2.45, 2.75) is 31.7 Å². The van der Waals surface area contributed by atoms with Crippen LogP contribution in [0.2, 0.25) is 0 Å². The molecule has 0 aromatic heterocycles. The average molecular weight is 374 g/mol. The molecule has 0 radical (unpaired) electrons. The number of rotatable bonds is 6. The molecule has 1 aromatic rings. The van der Waals surface area contributed by atoms with Crippen LogP contribution in [0.15, 0.2) is 24.3 Å². The third-order valence-electron chi connectivity index (χ3n) is 5.41. The summed E-state index contributed by atoms with van der Waals surface area (Å²) in [6.45, 7) is 4.91. The number of piperazine rings is 1. The molecule has 0 unspecified atom stereocenters. The summed E-state index contributed by atoms with van der Waals surface area (Å²) in [5.41, 5.74) is 1.12. The quantitative estimate of drug-likeness (QED) is 0.727. The first kappa shape index (κ1) is 19.5. The van der Waals surface area contributed by atoms with Gasteiger partial charge in [0.25, 0.3) is 0 Å². The Labute approximate surface area is 161 Å². The van der Waals surface area contributed by atoms with Gasteiger partial charge in [-0.1, -0.05) is 25.0 Å². The molecule has 7 nitrogen and oxygen atoms in total. The third kappa shape index (κ3) is 5.35. The lowest BCUT2D eigenvalue weighted by Gasteiger charge is -2.36. The molecule has 0 bridgehead atoms. The highest BCUT2D eigenvalue weighted by Gasteiger charge is 2.22. The van der Waals surface area contributed by atoms with Crippen molar-refractivity contribution in [2.24, 2.45) is 0 Å². The molecule has 1 aliphatic carbocycles. The SMILES string of the molecule is COc1ccccc1N1CCN(CCNC(=O)C(=O)NC2CCCC2)CC1. The molecule has 2 fully saturated rings. The van der Waals surface area contributed by atoms with Crippen molar-refractivity contribution in [3.63, 3.8) is 0 Å². The molecule has 27 heavy (non-hydrogen) atoms. The molecular formula is C20H30N4O3. The molecule has 0 spiro atoms. The minimum atomic E-state index is -0.519.